The average Bonchev–Trinajstić information content (AvgIpc) is 2.99. The molecule has 1 amide bonds. The van der Waals surface area contributed by atoms with Gasteiger partial charge in [-0.15, -0.1) is 12.4 Å². The molecule has 0 spiro atoms. The van der Waals surface area contributed by atoms with Crippen molar-refractivity contribution in [2.24, 2.45) is 5.73 Å². The molecule has 2 fully saturated rings. The minimum Gasteiger partial charge on any atom is -0.399 e. The van der Waals surface area contributed by atoms with Gasteiger partial charge in [-0.2, -0.15) is 0 Å². The highest BCUT2D eigenvalue weighted by atomic mass is 35.5. The number of likely N-dealkylation sites (tertiary alicyclic amines) is 1. The fraction of sp³-hybridized carbons (Fsp3) is 0.588. The minimum atomic E-state index is -0.696. The Kier molecular flexibility index (Phi) is 5.54. The zero-order chi connectivity index (χ0) is 17.7. The number of nitrogens with zero attached hydrogens (tertiary/aromatic N) is 1. The van der Waals surface area contributed by atoms with Crippen LogP contribution >= 0.6 is 12.4 Å². The molecule has 2 aliphatic heterocycles. The number of benzene rings is 1. The van der Waals surface area contributed by atoms with Crippen LogP contribution in [0.2, 0.25) is 0 Å². The van der Waals surface area contributed by atoms with Gasteiger partial charge in [0.1, 0.15) is 5.82 Å². The third kappa shape index (κ3) is 3.84. The van der Waals surface area contributed by atoms with Crippen molar-refractivity contribution in [1.29, 1.82) is 0 Å². The van der Waals surface area contributed by atoms with Crippen LogP contribution in [-0.4, -0.2) is 48.3 Å². The van der Waals surface area contributed by atoms with Crippen LogP contribution in [0.3, 0.4) is 0 Å². The van der Waals surface area contributed by atoms with Crippen LogP contribution < -0.4 is 11.2 Å². The summed E-state index contributed by atoms with van der Waals surface area (Å²) in [5, 5.41) is 0. The Morgan fingerprint density at radius 3 is 2.36 bits per heavy atom. The molecule has 1 aromatic carbocycles. The standard InChI is InChI=1S/C17H24BFN2O3.ClH/c1-16(2)17(3,4)24-18(23-16)12-7-11(8-13(19)9-12)15(22)21-6-5-14(20)10-21;/h7-9,14H,5-6,10,20H2,1-4H3;1H. The zero-order valence-electron chi connectivity index (χ0n) is 15.0. The Hall–Kier alpha value is -1.15. The topological polar surface area (TPSA) is 64.8 Å². The summed E-state index contributed by atoms with van der Waals surface area (Å²) in [5.74, 6) is -0.686. The molecule has 138 valence electrons. The molecule has 3 rings (SSSR count). The highest BCUT2D eigenvalue weighted by molar-refractivity contribution is 6.62. The second-order valence-corrected chi connectivity index (χ2v) is 7.66. The van der Waals surface area contributed by atoms with Crippen LogP contribution in [0.5, 0.6) is 0 Å². The SMILES string of the molecule is CC1(C)OB(c2cc(F)cc(C(=O)N3CCC(N)C3)c2)OC1(C)C.Cl. The lowest BCUT2D eigenvalue weighted by Gasteiger charge is -2.32. The number of nitrogens with two attached hydrogens (primary N) is 1. The van der Waals surface area contributed by atoms with Crippen molar-refractivity contribution in [3.8, 4) is 0 Å². The Morgan fingerprint density at radius 1 is 1.24 bits per heavy atom. The molecule has 5 nitrogen and oxygen atoms in total. The van der Waals surface area contributed by atoms with Gasteiger partial charge < -0.3 is 19.9 Å². The number of amides is 1. The van der Waals surface area contributed by atoms with E-state index in [0.717, 1.165) is 6.42 Å². The second kappa shape index (κ2) is 6.87. The summed E-state index contributed by atoms with van der Waals surface area (Å²) in [6, 6.07) is 4.25. The summed E-state index contributed by atoms with van der Waals surface area (Å²) < 4.78 is 26.0. The first-order valence-electron chi connectivity index (χ1n) is 8.30. The highest BCUT2D eigenvalue weighted by Crippen LogP contribution is 2.36. The molecule has 0 bridgehead atoms. The zero-order valence-corrected chi connectivity index (χ0v) is 15.9. The van der Waals surface area contributed by atoms with Gasteiger partial charge in [0.15, 0.2) is 0 Å². The van der Waals surface area contributed by atoms with E-state index in [1.54, 1.807) is 11.0 Å². The van der Waals surface area contributed by atoms with Crippen molar-refractivity contribution < 1.29 is 18.5 Å². The molecule has 2 aliphatic rings. The summed E-state index contributed by atoms with van der Waals surface area (Å²) in [7, 11) is -0.696. The van der Waals surface area contributed by atoms with E-state index in [1.807, 2.05) is 27.7 Å². The summed E-state index contributed by atoms with van der Waals surface area (Å²) in [4.78, 5) is 14.2. The van der Waals surface area contributed by atoms with Crippen molar-refractivity contribution in [2.75, 3.05) is 13.1 Å². The summed E-state index contributed by atoms with van der Waals surface area (Å²) in [6.07, 6.45) is 0.769. The molecule has 2 saturated heterocycles. The molecule has 0 saturated carbocycles. The molecule has 1 aromatic rings. The fourth-order valence-electron chi connectivity index (χ4n) is 3.01. The van der Waals surface area contributed by atoms with Gasteiger partial charge >= 0.3 is 7.12 Å². The number of carbonyl (C=O) groups is 1. The lowest BCUT2D eigenvalue weighted by molar-refractivity contribution is 0.00578. The lowest BCUT2D eigenvalue weighted by atomic mass is 9.78. The Labute approximate surface area is 154 Å². The molecule has 0 aliphatic carbocycles. The molecule has 0 aromatic heterocycles. The van der Waals surface area contributed by atoms with E-state index in [0.29, 0.717) is 24.1 Å². The average molecular weight is 371 g/mol. The number of halogens is 2. The molecule has 1 atom stereocenters. The third-order valence-corrected chi connectivity index (χ3v) is 5.20. The van der Waals surface area contributed by atoms with Gasteiger partial charge in [-0.3, -0.25) is 4.79 Å². The lowest BCUT2D eigenvalue weighted by Crippen LogP contribution is -2.41. The number of hydrogen-bond donors (Lipinski definition) is 1. The predicted octanol–water partition coefficient (Wildman–Crippen LogP) is 1.72. The van der Waals surface area contributed by atoms with Crippen LogP contribution in [0.25, 0.3) is 0 Å². The van der Waals surface area contributed by atoms with Crippen molar-refractivity contribution in [1.82, 2.24) is 4.90 Å². The molecule has 2 heterocycles. The van der Waals surface area contributed by atoms with Crippen molar-refractivity contribution >= 4 is 30.9 Å². The van der Waals surface area contributed by atoms with Gasteiger partial charge in [0.25, 0.3) is 5.91 Å². The number of carbonyl (C=O) groups excluding carboxylic acids is 1. The Balaban J connectivity index is 0.00000225. The largest absolute Gasteiger partial charge is 0.494 e. The predicted molar refractivity (Wildman–Crippen MR) is 97.9 cm³/mol. The quantitative estimate of drug-likeness (QED) is 0.805. The van der Waals surface area contributed by atoms with Gasteiger partial charge in [0.2, 0.25) is 0 Å². The van der Waals surface area contributed by atoms with Crippen LogP contribution in [-0.2, 0) is 9.31 Å². The summed E-state index contributed by atoms with van der Waals surface area (Å²) >= 11 is 0. The summed E-state index contributed by atoms with van der Waals surface area (Å²) in [5.41, 5.74) is 5.63. The smallest absolute Gasteiger partial charge is 0.399 e. The van der Waals surface area contributed by atoms with Crippen molar-refractivity contribution in [3.05, 3.63) is 29.6 Å². The number of rotatable bonds is 2. The molecule has 1 unspecified atom stereocenters. The van der Waals surface area contributed by atoms with Crippen molar-refractivity contribution in [2.45, 2.75) is 51.4 Å². The van der Waals surface area contributed by atoms with Crippen molar-refractivity contribution in [3.63, 3.8) is 0 Å². The molecule has 25 heavy (non-hydrogen) atoms. The van der Waals surface area contributed by atoms with Gasteiger partial charge in [0, 0.05) is 24.7 Å². The first kappa shape index (κ1) is 20.2. The van der Waals surface area contributed by atoms with E-state index in [1.165, 1.54) is 12.1 Å². The van der Waals surface area contributed by atoms with E-state index >= 15 is 0 Å². The maximum absolute atomic E-state index is 14.1. The van der Waals surface area contributed by atoms with Gasteiger partial charge in [0.05, 0.1) is 11.2 Å². The second-order valence-electron chi connectivity index (χ2n) is 7.66. The van der Waals surface area contributed by atoms with E-state index < -0.39 is 24.1 Å². The Bertz CT molecular complexity index is 655. The summed E-state index contributed by atoms with van der Waals surface area (Å²) in [6.45, 7) is 8.84. The minimum absolute atomic E-state index is 0. The molecule has 2 N–H and O–H groups in total. The van der Waals surface area contributed by atoms with E-state index in [4.69, 9.17) is 15.0 Å². The van der Waals surface area contributed by atoms with Crippen LogP contribution in [0.1, 0.15) is 44.5 Å². The maximum atomic E-state index is 14.1. The number of hydrogen-bond acceptors (Lipinski definition) is 4. The van der Waals surface area contributed by atoms with E-state index in [9.17, 15) is 9.18 Å². The van der Waals surface area contributed by atoms with Gasteiger partial charge in [-0.25, -0.2) is 4.39 Å². The van der Waals surface area contributed by atoms with E-state index in [2.05, 4.69) is 0 Å². The monoisotopic (exact) mass is 370 g/mol. The van der Waals surface area contributed by atoms with E-state index in [-0.39, 0.29) is 24.4 Å². The van der Waals surface area contributed by atoms with Crippen LogP contribution in [0.15, 0.2) is 18.2 Å². The van der Waals surface area contributed by atoms with Crippen LogP contribution in [0.4, 0.5) is 4.39 Å². The third-order valence-electron chi connectivity index (χ3n) is 5.20. The van der Waals surface area contributed by atoms with Crippen LogP contribution in [0, 0.1) is 5.82 Å². The fourth-order valence-corrected chi connectivity index (χ4v) is 3.01. The Morgan fingerprint density at radius 2 is 1.84 bits per heavy atom. The molecule has 0 radical (unpaired) electrons. The highest BCUT2D eigenvalue weighted by Gasteiger charge is 2.51. The molecular weight excluding hydrogens is 345 g/mol. The molecular formula is C17H25BClFN2O3. The molecule has 8 heteroatoms. The van der Waals surface area contributed by atoms with Gasteiger partial charge in [-0.05, 0) is 57.8 Å². The normalized spacial score (nSPS) is 24.3. The van der Waals surface area contributed by atoms with Gasteiger partial charge in [-0.1, -0.05) is 0 Å². The maximum Gasteiger partial charge on any atom is 0.494 e. The first-order valence-corrected chi connectivity index (χ1v) is 8.30. The first-order chi connectivity index (χ1) is 11.1.